The van der Waals surface area contributed by atoms with Crippen molar-refractivity contribution in [2.24, 2.45) is 5.92 Å². The molecule has 2 rings (SSSR count). The van der Waals surface area contributed by atoms with Crippen LogP contribution in [0.2, 0.25) is 0 Å². The maximum atomic E-state index is 11.6. The summed E-state index contributed by atoms with van der Waals surface area (Å²) in [6.07, 6.45) is 3.43. The van der Waals surface area contributed by atoms with Gasteiger partial charge in [0.2, 0.25) is 5.91 Å². The van der Waals surface area contributed by atoms with E-state index in [1.165, 1.54) is 6.20 Å². The number of aromatic nitrogens is 2. The standard InChI is InChI=1S/C8H11N3O3S/c12-8(11-7-3-9-10-4-7)6-1-2-15(13,14)5-6/h3-4,6H,1-2,5H2,(H,9,10)(H,11,12). The molecule has 1 atom stereocenters. The molecule has 0 spiro atoms. The van der Waals surface area contributed by atoms with Crippen LogP contribution in [-0.2, 0) is 14.6 Å². The molecule has 0 saturated carbocycles. The first-order chi connectivity index (χ1) is 7.07. The summed E-state index contributed by atoms with van der Waals surface area (Å²) in [6.45, 7) is 0. The third-order valence-electron chi connectivity index (χ3n) is 2.37. The van der Waals surface area contributed by atoms with E-state index in [0.29, 0.717) is 12.1 Å². The fraction of sp³-hybridized carbons (Fsp3) is 0.500. The van der Waals surface area contributed by atoms with Gasteiger partial charge in [0.15, 0.2) is 9.84 Å². The Hall–Kier alpha value is -1.37. The quantitative estimate of drug-likeness (QED) is 0.733. The van der Waals surface area contributed by atoms with Gasteiger partial charge in [0.05, 0.1) is 29.3 Å². The predicted molar refractivity (Wildman–Crippen MR) is 54.0 cm³/mol. The van der Waals surface area contributed by atoms with Crippen molar-refractivity contribution in [3.8, 4) is 0 Å². The lowest BCUT2D eigenvalue weighted by atomic mass is 10.1. The van der Waals surface area contributed by atoms with Crippen molar-refractivity contribution in [2.75, 3.05) is 16.8 Å². The van der Waals surface area contributed by atoms with E-state index in [1.807, 2.05) is 0 Å². The number of hydrogen-bond donors (Lipinski definition) is 2. The molecule has 15 heavy (non-hydrogen) atoms. The number of rotatable bonds is 2. The second kappa shape index (κ2) is 3.65. The minimum absolute atomic E-state index is 0.0450. The molecule has 1 aliphatic rings. The molecule has 0 aromatic carbocycles. The Kier molecular flexibility index (Phi) is 2.47. The van der Waals surface area contributed by atoms with Crippen molar-refractivity contribution in [1.82, 2.24) is 10.2 Å². The molecule has 1 aromatic rings. The smallest absolute Gasteiger partial charge is 0.228 e. The van der Waals surface area contributed by atoms with Gasteiger partial charge in [-0.3, -0.25) is 9.89 Å². The normalized spacial score (nSPS) is 23.9. The van der Waals surface area contributed by atoms with Crippen LogP contribution in [0.3, 0.4) is 0 Å². The molecule has 2 heterocycles. The SMILES string of the molecule is O=C(Nc1cn[nH]c1)C1CCS(=O)(=O)C1. The Balaban J connectivity index is 1.99. The lowest BCUT2D eigenvalue weighted by Gasteiger charge is -2.06. The number of hydrogen-bond acceptors (Lipinski definition) is 4. The predicted octanol–water partition coefficient (Wildman–Crippen LogP) is -0.217. The van der Waals surface area contributed by atoms with Crippen LogP contribution in [-0.4, -0.2) is 36.0 Å². The molecular weight excluding hydrogens is 218 g/mol. The van der Waals surface area contributed by atoms with Gasteiger partial charge in [-0.1, -0.05) is 0 Å². The molecule has 1 aromatic heterocycles. The lowest BCUT2D eigenvalue weighted by molar-refractivity contribution is -0.119. The number of aromatic amines is 1. The van der Waals surface area contributed by atoms with Crippen LogP contribution in [0.25, 0.3) is 0 Å². The van der Waals surface area contributed by atoms with E-state index in [9.17, 15) is 13.2 Å². The number of carbonyl (C=O) groups is 1. The first-order valence-corrected chi connectivity index (χ1v) is 6.39. The fourth-order valence-electron chi connectivity index (χ4n) is 1.57. The molecule has 1 fully saturated rings. The minimum Gasteiger partial charge on any atom is -0.323 e. The zero-order valence-corrected chi connectivity index (χ0v) is 8.75. The summed E-state index contributed by atoms with van der Waals surface area (Å²) in [7, 11) is -3.00. The monoisotopic (exact) mass is 229 g/mol. The zero-order chi connectivity index (χ0) is 10.9. The maximum Gasteiger partial charge on any atom is 0.228 e. The van der Waals surface area contributed by atoms with E-state index >= 15 is 0 Å². The summed E-state index contributed by atoms with van der Waals surface area (Å²) >= 11 is 0. The topological polar surface area (TPSA) is 91.9 Å². The van der Waals surface area contributed by atoms with Gasteiger partial charge in [-0.05, 0) is 6.42 Å². The van der Waals surface area contributed by atoms with Gasteiger partial charge in [-0.2, -0.15) is 5.10 Å². The highest BCUT2D eigenvalue weighted by molar-refractivity contribution is 7.91. The van der Waals surface area contributed by atoms with Crippen LogP contribution in [0, 0.1) is 5.92 Å². The average molecular weight is 229 g/mol. The molecule has 2 N–H and O–H groups in total. The molecule has 1 unspecified atom stereocenters. The molecule has 0 aliphatic carbocycles. The van der Waals surface area contributed by atoms with Crippen molar-refractivity contribution in [3.63, 3.8) is 0 Å². The van der Waals surface area contributed by atoms with Gasteiger partial charge in [-0.25, -0.2) is 8.42 Å². The number of nitrogens with zero attached hydrogens (tertiary/aromatic N) is 1. The van der Waals surface area contributed by atoms with Crippen LogP contribution in [0.4, 0.5) is 5.69 Å². The second-order valence-electron chi connectivity index (χ2n) is 3.58. The number of carbonyl (C=O) groups excluding carboxylic acids is 1. The van der Waals surface area contributed by atoms with Crippen molar-refractivity contribution in [2.45, 2.75) is 6.42 Å². The van der Waals surface area contributed by atoms with E-state index < -0.39 is 15.8 Å². The Morgan fingerprint density at radius 1 is 1.60 bits per heavy atom. The van der Waals surface area contributed by atoms with Crippen molar-refractivity contribution < 1.29 is 13.2 Å². The molecular formula is C8H11N3O3S. The fourth-order valence-corrected chi connectivity index (χ4v) is 3.31. The van der Waals surface area contributed by atoms with Gasteiger partial charge in [-0.15, -0.1) is 0 Å². The molecule has 1 saturated heterocycles. The maximum absolute atomic E-state index is 11.6. The first-order valence-electron chi connectivity index (χ1n) is 4.57. The summed E-state index contributed by atoms with van der Waals surface area (Å²) in [6, 6.07) is 0. The van der Waals surface area contributed by atoms with Crippen LogP contribution < -0.4 is 5.32 Å². The minimum atomic E-state index is -3.00. The van der Waals surface area contributed by atoms with Gasteiger partial charge >= 0.3 is 0 Å². The van der Waals surface area contributed by atoms with Crippen LogP contribution in [0.5, 0.6) is 0 Å². The molecule has 0 radical (unpaired) electrons. The third-order valence-corrected chi connectivity index (χ3v) is 4.14. The lowest BCUT2D eigenvalue weighted by Crippen LogP contribution is -2.23. The van der Waals surface area contributed by atoms with E-state index in [2.05, 4.69) is 15.5 Å². The third kappa shape index (κ3) is 2.35. The summed E-state index contributed by atoms with van der Waals surface area (Å²) < 4.78 is 22.3. The molecule has 0 bridgehead atoms. The highest BCUT2D eigenvalue weighted by atomic mass is 32.2. The van der Waals surface area contributed by atoms with E-state index in [4.69, 9.17) is 0 Å². The van der Waals surface area contributed by atoms with E-state index in [-0.39, 0.29) is 17.4 Å². The molecule has 7 heteroatoms. The molecule has 82 valence electrons. The number of amides is 1. The van der Waals surface area contributed by atoms with Crippen molar-refractivity contribution >= 4 is 21.4 Å². The highest BCUT2D eigenvalue weighted by Crippen LogP contribution is 2.19. The summed E-state index contributed by atoms with van der Waals surface area (Å²) in [5.41, 5.74) is 0.560. The van der Waals surface area contributed by atoms with Crippen LogP contribution in [0.15, 0.2) is 12.4 Å². The van der Waals surface area contributed by atoms with Gasteiger partial charge in [0.1, 0.15) is 0 Å². The molecule has 1 aliphatic heterocycles. The Labute approximate surface area is 87.0 Å². The van der Waals surface area contributed by atoms with Gasteiger partial charge in [0.25, 0.3) is 0 Å². The first kappa shape index (κ1) is 10.2. The van der Waals surface area contributed by atoms with Crippen molar-refractivity contribution in [3.05, 3.63) is 12.4 Å². The molecule has 6 nitrogen and oxygen atoms in total. The van der Waals surface area contributed by atoms with Gasteiger partial charge in [0, 0.05) is 6.20 Å². The van der Waals surface area contributed by atoms with Crippen molar-refractivity contribution in [1.29, 1.82) is 0 Å². The summed E-state index contributed by atoms with van der Waals surface area (Å²) in [4.78, 5) is 11.6. The summed E-state index contributed by atoms with van der Waals surface area (Å²) in [5.74, 6) is -0.616. The number of nitrogens with one attached hydrogen (secondary N) is 2. The number of anilines is 1. The average Bonchev–Trinajstić information content (AvgIpc) is 2.74. The van der Waals surface area contributed by atoms with Crippen LogP contribution >= 0.6 is 0 Å². The van der Waals surface area contributed by atoms with Crippen LogP contribution in [0.1, 0.15) is 6.42 Å². The number of H-pyrrole nitrogens is 1. The zero-order valence-electron chi connectivity index (χ0n) is 7.93. The Morgan fingerprint density at radius 2 is 2.40 bits per heavy atom. The Bertz CT molecular complexity index is 451. The van der Waals surface area contributed by atoms with E-state index in [0.717, 1.165) is 0 Å². The van der Waals surface area contributed by atoms with Gasteiger partial charge < -0.3 is 5.32 Å². The molecule has 1 amide bonds. The number of sulfone groups is 1. The second-order valence-corrected chi connectivity index (χ2v) is 5.80. The van der Waals surface area contributed by atoms with E-state index in [1.54, 1.807) is 6.20 Å². The largest absolute Gasteiger partial charge is 0.323 e. The highest BCUT2D eigenvalue weighted by Gasteiger charge is 2.32. The summed E-state index contributed by atoms with van der Waals surface area (Å²) in [5, 5.41) is 8.84. The Morgan fingerprint density at radius 3 is 2.93 bits per heavy atom.